The summed E-state index contributed by atoms with van der Waals surface area (Å²) in [5.41, 5.74) is 0.811. The van der Waals surface area contributed by atoms with Crippen molar-refractivity contribution < 1.29 is 4.79 Å². The Morgan fingerprint density at radius 2 is 2.31 bits per heavy atom. The second-order valence-corrected chi connectivity index (χ2v) is 4.82. The third-order valence-electron chi connectivity index (χ3n) is 2.55. The number of hydrogen-bond donors (Lipinski definition) is 1. The summed E-state index contributed by atoms with van der Waals surface area (Å²) in [5, 5.41) is 11.8. The minimum Gasteiger partial charge on any atom is -0.336 e. The lowest BCUT2D eigenvalue weighted by molar-refractivity contribution is -0.122. The lowest BCUT2D eigenvalue weighted by atomic mass is 10.1. The van der Waals surface area contributed by atoms with Crippen LogP contribution < -0.4 is 5.32 Å². The van der Waals surface area contributed by atoms with Crippen molar-refractivity contribution in [1.29, 1.82) is 5.26 Å². The van der Waals surface area contributed by atoms with E-state index in [2.05, 4.69) is 27.3 Å². The van der Waals surface area contributed by atoms with Crippen molar-refractivity contribution in [2.24, 2.45) is 5.92 Å². The third-order valence-corrected chi connectivity index (χ3v) is 3.04. The van der Waals surface area contributed by atoms with Crippen LogP contribution in [0.3, 0.4) is 0 Å². The van der Waals surface area contributed by atoms with Gasteiger partial charge in [-0.3, -0.25) is 4.79 Å². The molecule has 0 saturated heterocycles. The molecular weight excluding hydrogens is 268 g/mol. The molecule has 1 aromatic carbocycles. The molecule has 1 aromatic rings. The van der Waals surface area contributed by atoms with Crippen LogP contribution in [0.5, 0.6) is 0 Å². The first-order valence-corrected chi connectivity index (χ1v) is 5.95. The smallest absolute Gasteiger partial charge is 0.224 e. The van der Waals surface area contributed by atoms with Gasteiger partial charge in [0.1, 0.15) is 6.04 Å². The average Bonchev–Trinajstić information content (AvgIpc) is 3.09. The SMILES string of the molecule is N#CC(NC(=O)C1CC1)c1cccc(Br)c1. The van der Waals surface area contributed by atoms with Crippen molar-refractivity contribution in [2.75, 3.05) is 0 Å². The van der Waals surface area contributed by atoms with Gasteiger partial charge in [0.15, 0.2) is 0 Å². The molecular formula is C12H11BrN2O. The molecule has 1 unspecified atom stereocenters. The topological polar surface area (TPSA) is 52.9 Å². The summed E-state index contributed by atoms with van der Waals surface area (Å²) in [5.74, 6) is 0.120. The second-order valence-electron chi connectivity index (χ2n) is 3.90. The van der Waals surface area contributed by atoms with Gasteiger partial charge in [-0.1, -0.05) is 28.1 Å². The number of nitrogens with zero attached hydrogens (tertiary/aromatic N) is 1. The van der Waals surface area contributed by atoms with Crippen LogP contribution in [0.25, 0.3) is 0 Å². The average molecular weight is 279 g/mol. The molecule has 1 aliphatic rings. The van der Waals surface area contributed by atoms with E-state index >= 15 is 0 Å². The molecule has 0 radical (unpaired) electrons. The van der Waals surface area contributed by atoms with Crippen molar-refractivity contribution in [3.8, 4) is 6.07 Å². The number of carbonyl (C=O) groups is 1. The van der Waals surface area contributed by atoms with Crippen LogP contribution in [-0.2, 0) is 4.79 Å². The van der Waals surface area contributed by atoms with Crippen LogP contribution in [0.15, 0.2) is 28.7 Å². The van der Waals surface area contributed by atoms with Crippen LogP contribution in [0.2, 0.25) is 0 Å². The zero-order valence-corrected chi connectivity index (χ0v) is 10.2. The molecule has 1 fully saturated rings. The fraction of sp³-hybridized carbons (Fsp3) is 0.333. The maximum absolute atomic E-state index is 11.6. The van der Waals surface area contributed by atoms with Crippen molar-refractivity contribution in [2.45, 2.75) is 18.9 Å². The van der Waals surface area contributed by atoms with E-state index in [4.69, 9.17) is 5.26 Å². The van der Waals surface area contributed by atoms with Crippen molar-refractivity contribution >= 4 is 21.8 Å². The summed E-state index contributed by atoms with van der Waals surface area (Å²) in [6.45, 7) is 0. The Morgan fingerprint density at radius 3 is 2.88 bits per heavy atom. The zero-order chi connectivity index (χ0) is 11.5. The zero-order valence-electron chi connectivity index (χ0n) is 8.61. The molecule has 0 aromatic heterocycles. The van der Waals surface area contributed by atoms with Crippen LogP contribution in [0, 0.1) is 17.2 Å². The predicted molar refractivity (Wildman–Crippen MR) is 63.4 cm³/mol. The number of nitriles is 1. The minimum absolute atomic E-state index is 0.00785. The summed E-state index contributed by atoms with van der Waals surface area (Å²) in [6.07, 6.45) is 1.89. The van der Waals surface area contributed by atoms with Gasteiger partial charge in [-0.05, 0) is 30.5 Å². The second kappa shape index (κ2) is 4.67. The van der Waals surface area contributed by atoms with E-state index in [9.17, 15) is 4.79 Å². The molecule has 0 aliphatic heterocycles. The first-order chi connectivity index (χ1) is 7.70. The molecule has 1 aliphatic carbocycles. The first kappa shape index (κ1) is 11.2. The summed E-state index contributed by atoms with van der Waals surface area (Å²) in [4.78, 5) is 11.6. The van der Waals surface area contributed by atoms with Gasteiger partial charge in [-0.2, -0.15) is 5.26 Å². The van der Waals surface area contributed by atoms with Gasteiger partial charge in [-0.25, -0.2) is 0 Å². The van der Waals surface area contributed by atoms with Gasteiger partial charge < -0.3 is 5.32 Å². The molecule has 1 saturated carbocycles. The summed E-state index contributed by atoms with van der Waals surface area (Å²) in [6, 6.07) is 8.99. The number of carbonyl (C=O) groups excluding carboxylic acids is 1. The van der Waals surface area contributed by atoms with Gasteiger partial charge in [0.05, 0.1) is 6.07 Å². The Hall–Kier alpha value is -1.34. The normalized spacial score (nSPS) is 16.2. The molecule has 4 heteroatoms. The maximum atomic E-state index is 11.6. The fourth-order valence-corrected chi connectivity index (χ4v) is 1.90. The molecule has 2 rings (SSSR count). The van der Waals surface area contributed by atoms with E-state index in [0.29, 0.717) is 0 Å². The Morgan fingerprint density at radius 1 is 1.56 bits per heavy atom. The molecule has 16 heavy (non-hydrogen) atoms. The van der Waals surface area contributed by atoms with Crippen LogP contribution in [0.4, 0.5) is 0 Å². The number of halogens is 1. The van der Waals surface area contributed by atoms with Gasteiger partial charge in [0.2, 0.25) is 5.91 Å². The molecule has 82 valence electrons. The standard InChI is InChI=1S/C12H11BrN2O/c13-10-3-1-2-9(6-10)11(7-14)15-12(16)8-4-5-8/h1-3,6,8,11H,4-5H2,(H,15,16). The highest BCUT2D eigenvalue weighted by atomic mass is 79.9. The van der Waals surface area contributed by atoms with E-state index < -0.39 is 6.04 Å². The molecule has 3 nitrogen and oxygen atoms in total. The van der Waals surface area contributed by atoms with Gasteiger partial charge >= 0.3 is 0 Å². The molecule has 1 atom stereocenters. The number of rotatable bonds is 3. The van der Waals surface area contributed by atoms with Gasteiger partial charge in [0.25, 0.3) is 0 Å². The van der Waals surface area contributed by atoms with E-state index in [0.717, 1.165) is 22.9 Å². The fourth-order valence-electron chi connectivity index (χ4n) is 1.48. The first-order valence-electron chi connectivity index (χ1n) is 5.16. The lowest BCUT2D eigenvalue weighted by Gasteiger charge is -2.11. The molecule has 0 bridgehead atoms. The third kappa shape index (κ3) is 2.61. The van der Waals surface area contributed by atoms with Crippen molar-refractivity contribution in [3.63, 3.8) is 0 Å². The highest BCUT2D eigenvalue weighted by Gasteiger charge is 2.31. The highest BCUT2D eigenvalue weighted by Crippen LogP contribution is 2.30. The maximum Gasteiger partial charge on any atom is 0.224 e. The Kier molecular flexibility index (Phi) is 3.25. The summed E-state index contributed by atoms with van der Waals surface area (Å²) in [7, 11) is 0. The van der Waals surface area contributed by atoms with E-state index in [1.165, 1.54) is 0 Å². The Labute approximate surface area is 103 Å². The monoisotopic (exact) mass is 278 g/mol. The number of hydrogen-bond acceptors (Lipinski definition) is 2. The summed E-state index contributed by atoms with van der Waals surface area (Å²) < 4.78 is 0.908. The number of benzene rings is 1. The number of nitrogens with one attached hydrogen (secondary N) is 1. The van der Waals surface area contributed by atoms with E-state index in [1.54, 1.807) is 0 Å². The predicted octanol–water partition coefficient (Wildman–Crippen LogP) is 2.54. The highest BCUT2D eigenvalue weighted by molar-refractivity contribution is 9.10. The molecule has 1 amide bonds. The quantitative estimate of drug-likeness (QED) is 0.924. The Balaban J connectivity index is 2.10. The van der Waals surface area contributed by atoms with Gasteiger partial charge in [-0.15, -0.1) is 0 Å². The molecule has 0 heterocycles. The van der Waals surface area contributed by atoms with E-state index in [1.807, 2.05) is 24.3 Å². The Bertz CT molecular complexity index is 449. The molecule has 1 N–H and O–H groups in total. The van der Waals surface area contributed by atoms with Crippen LogP contribution >= 0.6 is 15.9 Å². The number of amides is 1. The van der Waals surface area contributed by atoms with Crippen LogP contribution in [0.1, 0.15) is 24.4 Å². The van der Waals surface area contributed by atoms with Gasteiger partial charge in [0, 0.05) is 10.4 Å². The van der Waals surface area contributed by atoms with E-state index in [-0.39, 0.29) is 11.8 Å². The minimum atomic E-state index is -0.550. The van der Waals surface area contributed by atoms with Crippen molar-refractivity contribution in [1.82, 2.24) is 5.32 Å². The van der Waals surface area contributed by atoms with Crippen LogP contribution in [-0.4, -0.2) is 5.91 Å². The van der Waals surface area contributed by atoms with Crippen molar-refractivity contribution in [3.05, 3.63) is 34.3 Å². The molecule has 0 spiro atoms. The lowest BCUT2D eigenvalue weighted by Crippen LogP contribution is -2.28. The summed E-state index contributed by atoms with van der Waals surface area (Å²) >= 11 is 3.35. The largest absolute Gasteiger partial charge is 0.336 e.